The second kappa shape index (κ2) is 8.73. The molecular weight excluding hydrogens is 366 g/mol. The molecule has 29 heavy (non-hydrogen) atoms. The topological polar surface area (TPSA) is 80.3 Å². The third kappa shape index (κ3) is 4.71. The molecule has 0 atom stereocenters. The molecule has 2 N–H and O–H groups in total. The number of amides is 2. The van der Waals surface area contributed by atoms with E-state index in [4.69, 9.17) is 4.74 Å². The van der Waals surface area contributed by atoms with Crippen LogP contribution in [0.5, 0.6) is 5.75 Å². The van der Waals surface area contributed by atoms with Gasteiger partial charge >= 0.3 is 0 Å². The van der Waals surface area contributed by atoms with Crippen LogP contribution < -0.4 is 15.4 Å². The normalized spacial score (nSPS) is 11.1. The van der Waals surface area contributed by atoms with Crippen molar-refractivity contribution in [3.8, 4) is 5.75 Å². The minimum Gasteiger partial charge on any atom is -0.497 e. The van der Waals surface area contributed by atoms with E-state index in [1.54, 1.807) is 33.2 Å². The van der Waals surface area contributed by atoms with E-state index in [9.17, 15) is 9.59 Å². The van der Waals surface area contributed by atoms with Crippen LogP contribution in [0.2, 0.25) is 0 Å². The number of aromatic nitrogens is 1. The van der Waals surface area contributed by atoms with Gasteiger partial charge in [0.05, 0.1) is 18.3 Å². The Morgan fingerprint density at radius 3 is 2.45 bits per heavy atom. The maximum Gasteiger partial charge on any atom is 0.239 e. The largest absolute Gasteiger partial charge is 0.497 e. The van der Waals surface area contributed by atoms with Crippen LogP contribution in [-0.2, 0) is 16.0 Å². The number of carbonyl (C=O) groups excluding carboxylic acids is 2. The first-order valence-electron chi connectivity index (χ1n) is 9.48. The summed E-state index contributed by atoms with van der Waals surface area (Å²) in [5, 5.41) is 6.63. The maximum atomic E-state index is 12.8. The number of nitrogens with zero attached hydrogens (tertiary/aromatic N) is 1. The molecule has 2 aromatic carbocycles. The van der Waals surface area contributed by atoms with Crippen molar-refractivity contribution in [3.63, 3.8) is 0 Å². The maximum absolute atomic E-state index is 12.8. The number of para-hydroxylation sites is 1. The van der Waals surface area contributed by atoms with Gasteiger partial charge < -0.3 is 15.4 Å². The van der Waals surface area contributed by atoms with E-state index in [1.807, 2.05) is 48.5 Å². The van der Waals surface area contributed by atoms with Crippen LogP contribution in [0.3, 0.4) is 0 Å². The predicted octanol–water partition coefficient (Wildman–Crippen LogP) is 3.57. The number of rotatable bonds is 7. The fourth-order valence-electron chi connectivity index (χ4n) is 2.92. The average molecular weight is 391 g/mol. The van der Waals surface area contributed by atoms with Gasteiger partial charge in [0.1, 0.15) is 11.2 Å². The summed E-state index contributed by atoms with van der Waals surface area (Å²) in [6, 6.07) is 17.0. The van der Waals surface area contributed by atoms with Gasteiger partial charge in [0, 0.05) is 18.1 Å². The molecule has 0 saturated carbocycles. The Hall–Kier alpha value is -3.41. The van der Waals surface area contributed by atoms with Gasteiger partial charge in [-0.25, -0.2) is 0 Å². The zero-order chi connectivity index (χ0) is 20.9. The minimum absolute atomic E-state index is 0.322. The summed E-state index contributed by atoms with van der Waals surface area (Å²) in [6.45, 7) is 3.67. The monoisotopic (exact) mass is 391 g/mol. The fourth-order valence-corrected chi connectivity index (χ4v) is 2.92. The van der Waals surface area contributed by atoms with Gasteiger partial charge in [0.2, 0.25) is 11.8 Å². The summed E-state index contributed by atoms with van der Waals surface area (Å²) in [4.78, 5) is 29.8. The number of benzene rings is 2. The number of pyridine rings is 1. The van der Waals surface area contributed by atoms with Crippen molar-refractivity contribution in [2.24, 2.45) is 5.41 Å². The Bertz CT molecular complexity index is 1010. The number of hydrogen-bond donors (Lipinski definition) is 2. The Kier molecular flexibility index (Phi) is 6.12. The first-order valence-corrected chi connectivity index (χ1v) is 9.48. The quantitative estimate of drug-likeness (QED) is 0.604. The van der Waals surface area contributed by atoms with E-state index >= 15 is 0 Å². The van der Waals surface area contributed by atoms with Gasteiger partial charge in [0.25, 0.3) is 0 Å². The first-order chi connectivity index (χ1) is 13.9. The molecule has 0 aliphatic rings. The van der Waals surface area contributed by atoms with Gasteiger partial charge in [-0.15, -0.1) is 0 Å². The smallest absolute Gasteiger partial charge is 0.239 e. The summed E-state index contributed by atoms with van der Waals surface area (Å²) in [7, 11) is 1.62. The third-order valence-corrected chi connectivity index (χ3v) is 4.87. The number of methoxy groups -OCH3 is 1. The van der Waals surface area contributed by atoms with Gasteiger partial charge in [-0.05, 0) is 50.1 Å². The minimum atomic E-state index is -1.23. The van der Waals surface area contributed by atoms with Crippen LogP contribution in [0.15, 0.2) is 60.8 Å². The number of nitrogens with one attached hydrogen (secondary N) is 2. The molecule has 6 heteroatoms. The van der Waals surface area contributed by atoms with Gasteiger partial charge in [-0.3, -0.25) is 14.6 Å². The summed E-state index contributed by atoms with van der Waals surface area (Å²) < 4.78 is 5.14. The summed E-state index contributed by atoms with van der Waals surface area (Å²) in [6.07, 6.45) is 2.34. The molecule has 0 fully saturated rings. The lowest BCUT2D eigenvalue weighted by Crippen LogP contribution is -2.45. The Morgan fingerprint density at radius 2 is 1.72 bits per heavy atom. The molecule has 6 nitrogen and oxygen atoms in total. The van der Waals surface area contributed by atoms with Gasteiger partial charge in [-0.1, -0.05) is 30.3 Å². The predicted molar refractivity (Wildman–Crippen MR) is 114 cm³/mol. The molecule has 0 bridgehead atoms. The third-order valence-electron chi connectivity index (χ3n) is 4.87. The summed E-state index contributed by atoms with van der Waals surface area (Å²) >= 11 is 0. The van der Waals surface area contributed by atoms with Gasteiger partial charge in [-0.2, -0.15) is 0 Å². The van der Waals surface area contributed by atoms with Crippen molar-refractivity contribution in [2.75, 3.05) is 19.0 Å². The highest BCUT2D eigenvalue weighted by Gasteiger charge is 2.36. The second-order valence-electron chi connectivity index (χ2n) is 7.31. The number of ether oxygens (including phenoxy) is 1. The summed E-state index contributed by atoms with van der Waals surface area (Å²) in [5.74, 6) is 0.0906. The fraction of sp³-hybridized carbons (Fsp3) is 0.261. The van der Waals surface area contributed by atoms with E-state index in [0.29, 0.717) is 24.2 Å². The number of fused-ring (bicyclic) bond motifs is 1. The lowest BCUT2D eigenvalue weighted by atomic mass is 9.90. The van der Waals surface area contributed by atoms with Crippen molar-refractivity contribution in [1.29, 1.82) is 0 Å². The Balaban J connectivity index is 1.60. The van der Waals surface area contributed by atoms with E-state index < -0.39 is 5.41 Å². The van der Waals surface area contributed by atoms with Crippen LogP contribution in [0.25, 0.3) is 10.9 Å². The zero-order valence-corrected chi connectivity index (χ0v) is 16.9. The molecule has 0 aliphatic carbocycles. The number of carbonyl (C=O) groups is 2. The van der Waals surface area contributed by atoms with Crippen molar-refractivity contribution in [1.82, 2.24) is 10.3 Å². The Morgan fingerprint density at radius 1 is 1.00 bits per heavy atom. The van der Waals surface area contributed by atoms with Crippen LogP contribution in [0, 0.1) is 5.41 Å². The molecule has 0 unspecified atom stereocenters. The van der Waals surface area contributed by atoms with E-state index in [2.05, 4.69) is 15.6 Å². The van der Waals surface area contributed by atoms with Crippen LogP contribution in [-0.4, -0.2) is 30.5 Å². The SMILES string of the molecule is COc1ccc(CCNC(=O)C(C)(C)C(=O)Nc2cccc3cccnc23)cc1. The lowest BCUT2D eigenvalue weighted by molar-refractivity contribution is -0.138. The number of hydrogen-bond acceptors (Lipinski definition) is 4. The standard InChI is InChI=1S/C23H25N3O3/c1-23(2,21(27)25-15-13-16-9-11-18(29-3)12-10-16)22(28)26-19-8-4-6-17-7-5-14-24-20(17)19/h4-12,14H,13,15H2,1-3H3,(H,25,27)(H,26,28). The molecule has 0 spiro atoms. The van der Waals surface area contributed by atoms with E-state index in [0.717, 1.165) is 16.7 Å². The molecule has 3 rings (SSSR count). The molecule has 2 amide bonds. The molecular formula is C23H25N3O3. The van der Waals surface area contributed by atoms with Crippen LogP contribution in [0.1, 0.15) is 19.4 Å². The zero-order valence-electron chi connectivity index (χ0n) is 16.9. The molecule has 3 aromatic rings. The molecule has 1 aromatic heterocycles. The lowest BCUT2D eigenvalue weighted by Gasteiger charge is -2.23. The van der Waals surface area contributed by atoms with Crippen LogP contribution >= 0.6 is 0 Å². The highest BCUT2D eigenvalue weighted by Crippen LogP contribution is 2.24. The van der Waals surface area contributed by atoms with E-state index in [1.165, 1.54) is 0 Å². The molecule has 1 heterocycles. The highest BCUT2D eigenvalue weighted by atomic mass is 16.5. The highest BCUT2D eigenvalue weighted by molar-refractivity contribution is 6.12. The second-order valence-corrected chi connectivity index (χ2v) is 7.31. The number of anilines is 1. The molecule has 150 valence electrons. The Labute approximate surface area is 170 Å². The molecule has 0 radical (unpaired) electrons. The van der Waals surface area contributed by atoms with Crippen molar-refractivity contribution in [3.05, 3.63) is 66.4 Å². The molecule has 0 saturated heterocycles. The average Bonchev–Trinajstić information content (AvgIpc) is 2.74. The van der Waals surface area contributed by atoms with Crippen molar-refractivity contribution in [2.45, 2.75) is 20.3 Å². The molecule has 0 aliphatic heterocycles. The van der Waals surface area contributed by atoms with Crippen molar-refractivity contribution < 1.29 is 14.3 Å². The van der Waals surface area contributed by atoms with E-state index in [-0.39, 0.29) is 11.8 Å². The summed E-state index contributed by atoms with van der Waals surface area (Å²) in [5.41, 5.74) is 1.14. The van der Waals surface area contributed by atoms with Crippen molar-refractivity contribution >= 4 is 28.4 Å². The van der Waals surface area contributed by atoms with Gasteiger partial charge in [0.15, 0.2) is 0 Å². The first kappa shape index (κ1) is 20.3. The van der Waals surface area contributed by atoms with Crippen LogP contribution in [0.4, 0.5) is 5.69 Å².